The van der Waals surface area contributed by atoms with E-state index in [-0.39, 0.29) is 29.9 Å². The highest BCUT2D eigenvalue weighted by molar-refractivity contribution is 9.09. The molecule has 7 rings (SSSR count). The van der Waals surface area contributed by atoms with E-state index in [1.54, 1.807) is 4.68 Å². The fourth-order valence-electron chi connectivity index (χ4n) is 7.38. The Labute approximate surface area is 268 Å². The minimum Gasteiger partial charge on any atom is -0.394 e. The standard InChI is InChI=1S/C33H33BrN6O5/c34-23-16-33-27(26(28(23)45-33)30(42)35-17-21-11-5-2-6-12-21)32(44)40(22(18-41)15-20-9-3-1-4-10-20)29(33)31(43)36-19-39-25-14-8-7-13-24(25)37-38-39/h1-14,22-23,26-29,41H,15-19H2,(H,35,42)(H,36,43)/t22-,23?,26-,27+,28-,29?,33?/m1/s1. The smallest absolute Gasteiger partial charge is 0.247 e. The van der Waals surface area contributed by atoms with Gasteiger partial charge in [0.15, 0.2) is 0 Å². The molecular weight excluding hydrogens is 640 g/mol. The van der Waals surface area contributed by atoms with E-state index in [0.29, 0.717) is 24.9 Å². The van der Waals surface area contributed by atoms with Crippen molar-refractivity contribution in [3.8, 4) is 0 Å². The van der Waals surface area contributed by atoms with Crippen LogP contribution in [0.15, 0.2) is 84.9 Å². The van der Waals surface area contributed by atoms with Gasteiger partial charge in [-0.1, -0.05) is 93.9 Å². The average Bonchev–Trinajstić information content (AvgIpc) is 3.79. The first-order valence-corrected chi connectivity index (χ1v) is 16.0. The number of aromatic nitrogens is 3. The molecule has 232 valence electrons. The molecule has 12 heteroatoms. The summed E-state index contributed by atoms with van der Waals surface area (Å²) in [5.74, 6) is -2.80. The highest BCUT2D eigenvalue weighted by atomic mass is 79.9. The number of fused-ring (bicyclic) bond motifs is 2. The summed E-state index contributed by atoms with van der Waals surface area (Å²) in [5, 5.41) is 25.0. The first-order valence-electron chi connectivity index (χ1n) is 15.1. The highest BCUT2D eigenvalue weighted by Gasteiger charge is 2.77. The fraction of sp³-hybridized carbons (Fsp3) is 0.364. The summed E-state index contributed by atoms with van der Waals surface area (Å²) in [5.41, 5.74) is 2.02. The van der Waals surface area contributed by atoms with Crippen LogP contribution >= 0.6 is 15.9 Å². The molecule has 45 heavy (non-hydrogen) atoms. The van der Waals surface area contributed by atoms with Crippen molar-refractivity contribution in [2.75, 3.05) is 6.61 Å². The molecule has 1 aromatic heterocycles. The van der Waals surface area contributed by atoms with Crippen molar-refractivity contribution in [1.29, 1.82) is 0 Å². The number of carbonyl (C=O) groups is 3. The molecule has 0 aliphatic carbocycles. The van der Waals surface area contributed by atoms with Crippen molar-refractivity contribution in [2.45, 2.75) is 54.7 Å². The van der Waals surface area contributed by atoms with Gasteiger partial charge in [-0.2, -0.15) is 0 Å². The van der Waals surface area contributed by atoms with E-state index < -0.39 is 41.5 Å². The number of alkyl halides is 1. The number of carbonyl (C=O) groups excluding carboxylic acids is 3. The number of likely N-dealkylation sites (tertiary alicyclic amines) is 1. The number of rotatable bonds is 10. The molecule has 4 aromatic rings. The summed E-state index contributed by atoms with van der Waals surface area (Å²) in [7, 11) is 0. The normalized spacial score (nSPS) is 27.5. The van der Waals surface area contributed by atoms with Gasteiger partial charge in [0.1, 0.15) is 23.8 Å². The van der Waals surface area contributed by atoms with Gasteiger partial charge in [-0.15, -0.1) is 5.10 Å². The van der Waals surface area contributed by atoms with E-state index in [4.69, 9.17) is 4.74 Å². The lowest BCUT2D eigenvalue weighted by atomic mass is 9.70. The Morgan fingerprint density at radius 1 is 0.978 bits per heavy atom. The Kier molecular flexibility index (Phi) is 7.88. The van der Waals surface area contributed by atoms with Gasteiger partial charge >= 0.3 is 0 Å². The van der Waals surface area contributed by atoms with Crippen LogP contribution in [0.4, 0.5) is 0 Å². The van der Waals surface area contributed by atoms with Crippen molar-refractivity contribution in [3.05, 3.63) is 96.1 Å². The van der Waals surface area contributed by atoms with Crippen molar-refractivity contribution < 1.29 is 24.2 Å². The topological polar surface area (TPSA) is 139 Å². The lowest BCUT2D eigenvalue weighted by Gasteiger charge is -2.37. The summed E-state index contributed by atoms with van der Waals surface area (Å²) >= 11 is 3.72. The van der Waals surface area contributed by atoms with Gasteiger partial charge in [-0.3, -0.25) is 14.4 Å². The van der Waals surface area contributed by atoms with Crippen LogP contribution in [0.2, 0.25) is 0 Å². The summed E-state index contributed by atoms with van der Waals surface area (Å²) in [6.45, 7) is -0.0489. The molecule has 3 aromatic carbocycles. The summed E-state index contributed by atoms with van der Waals surface area (Å²) < 4.78 is 8.20. The fourth-order valence-corrected chi connectivity index (χ4v) is 8.33. The maximum Gasteiger partial charge on any atom is 0.247 e. The lowest BCUT2D eigenvalue weighted by Crippen LogP contribution is -2.58. The number of nitrogens with zero attached hydrogens (tertiary/aromatic N) is 4. The predicted octanol–water partition coefficient (Wildman–Crippen LogP) is 2.17. The third-order valence-electron chi connectivity index (χ3n) is 9.33. The van der Waals surface area contributed by atoms with Crippen LogP contribution in [-0.2, 0) is 38.8 Å². The summed E-state index contributed by atoms with van der Waals surface area (Å²) in [4.78, 5) is 43.8. The van der Waals surface area contributed by atoms with Gasteiger partial charge in [0, 0.05) is 11.4 Å². The molecular formula is C33H33BrN6O5. The number of ether oxygens (including phenoxy) is 1. The predicted molar refractivity (Wildman–Crippen MR) is 168 cm³/mol. The van der Waals surface area contributed by atoms with Crippen LogP contribution in [0.1, 0.15) is 17.5 Å². The van der Waals surface area contributed by atoms with Crippen molar-refractivity contribution in [1.82, 2.24) is 30.5 Å². The first kappa shape index (κ1) is 29.6. The molecule has 3 unspecified atom stereocenters. The molecule has 3 fully saturated rings. The van der Waals surface area contributed by atoms with E-state index >= 15 is 0 Å². The third-order valence-corrected chi connectivity index (χ3v) is 10.2. The van der Waals surface area contributed by atoms with Gasteiger partial charge in [0.2, 0.25) is 17.7 Å². The van der Waals surface area contributed by atoms with Crippen LogP contribution in [-0.4, -0.2) is 77.9 Å². The monoisotopic (exact) mass is 672 g/mol. The third kappa shape index (κ3) is 5.10. The molecule has 7 atom stereocenters. The zero-order chi connectivity index (χ0) is 31.1. The van der Waals surface area contributed by atoms with E-state index in [0.717, 1.165) is 16.6 Å². The number of benzene rings is 3. The maximum absolute atomic E-state index is 14.5. The number of nitrogens with one attached hydrogen (secondary N) is 2. The van der Waals surface area contributed by atoms with Crippen LogP contribution in [0.25, 0.3) is 11.0 Å². The zero-order valence-corrected chi connectivity index (χ0v) is 25.9. The van der Waals surface area contributed by atoms with Crippen molar-refractivity contribution >= 4 is 44.7 Å². The minimum atomic E-state index is -1.26. The van der Waals surface area contributed by atoms with Gasteiger partial charge < -0.3 is 25.4 Å². The molecule has 2 bridgehead atoms. The number of halogens is 1. The SMILES string of the molecule is O=C(NCn1nnc2ccccc21)C1N([C@@H](CO)Cc2ccccc2)C(=O)[C@@H]2[C@@H](C(=O)NCc3ccccc3)[C@@H]3OC12CC3Br. The molecule has 4 heterocycles. The molecule has 0 radical (unpaired) electrons. The molecule has 1 spiro atoms. The van der Waals surface area contributed by atoms with E-state index in [1.807, 2.05) is 84.9 Å². The Morgan fingerprint density at radius 2 is 1.67 bits per heavy atom. The second-order valence-electron chi connectivity index (χ2n) is 11.9. The van der Waals surface area contributed by atoms with E-state index in [2.05, 4.69) is 36.9 Å². The minimum absolute atomic E-state index is 0.0171. The molecule has 3 saturated heterocycles. The zero-order valence-electron chi connectivity index (χ0n) is 24.3. The number of aliphatic hydroxyl groups excluding tert-OH is 1. The maximum atomic E-state index is 14.5. The number of hydrogen-bond donors (Lipinski definition) is 3. The van der Waals surface area contributed by atoms with Crippen molar-refractivity contribution in [3.63, 3.8) is 0 Å². The second-order valence-corrected chi connectivity index (χ2v) is 13.1. The van der Waals surface area contributed by atoms with Gasteiger partial charge in [0.05, 0.1) is 36.1 Å². The number of aliphatic hydroxyl groups is 1. The number of para-hydroxylation sites is 1. The Hall–Kier alpha value is -4.13. The van der Waals surface area contributed by atoms with Crippen LogP contribution < -0.4 is 10.6 Å². The van der Waals surface area contributed by atoms with Gasteiger partial charge in [-0.25, -0.2) is 4.68 Å². The summed E-state index contributed by atoms with van der Waals surface area (Å²) in [6.07, 6.45) is 0.101. The number of hydrogen-bond acceptors (Lipinski definition) is 7. The Balaban J connectivity index is 1.21. The average molecular weight is 674 g/mol. The highest BCUT2D eigenvalue weighted by Crippen LogP contribution is 2.60. The summed E-state index contributed by atoms with van der Waals surface area (Å²) in [6, 6.07) is 24.7. The molecule has 3 aliphatic heterocycles. The second kappa shape index (κ2) is 12.0. The molecule has 3 amide bonds. The van der Waals surface area contributed by atoms with E-state index in [1.165, 1.54) is 4.90 Å². The first-order chi connectivity index (χ1) is 21.9. The molecule has 0 saturated carbocycles. The Morgan fingerprint density at radius 3 is 2.40 bits per heavy atom. The van der Waals surface area contributed by atoms with Crippen LogP contribution in [0.5, 0.6) is 0 Å². The molecule has 11 nitrogen and oxygen atoms in total. The van der Waals surface area contributed by atoms with Crippen molar-refractivity contribution in [2.24, 2.45) is 11.8 Å². The molecule has 3 aliphatic rings. The van der Waals surface area contributed by atoms with E-state index in [9.17, 15) is 19.5 Å². The van der Waals surface area contributed by atoms with Gasteiger partial charge in [-0.05, 0) is 36.1 Å². The van der Waals surface area contributed by atoms with Crippen LogP contribution in [0.3, 0.4) is 0 Å². The quantitative estimate of drug-likeness (QED) is 0.220. The largest absolute Gasteiger partial charge is 0.394 e. The Bertz CT molecular complexity index is 1720. The number of amides is 3. The molecule has 3 N–H and O–H groups in total. The lowest BCUT2D eigenvalue weighted by molar-refractivity contribution is -0.145. The van der Waals surface area contributed by atoms with Gasteiger partial charge in [0.25, 0.3) is 0 Å². The van der Waals surface area contributed by atoms with Crippen LogP contribution in [0, 0.1) is 11.8 Å².